The number of nitrogen functional groups attached to an aromatic ring is 1. The van der Waals surface area contributed by atoms with Gasteiger partial charge in [-0.05, 0) is 13.0 Å². The van der Waals surface area contributed by atoms with Crippen molar-refractivity contribution >= 4 is 44.8 Å². The van der Waals surface area contributed by atoms with Gasteiger partial charge in [-0.15, -0.1) is 23.1 Å². The summed E-state index contributed by atoms with van der Waals surface area (Å²) in [5.74, 6) is 0.723. The van der Waals surface area contributed by atoms with E-state index in [2.05, 4.69) is 0 Å². The van der Waals surface area contributed by atoms with Crippen LogP contribution in [0, 0.1) is 0 Å². The van der Waals surface area contributed by atoms with Crippen LogP contribution in [0.2, 0.25) is 0 Å². The number of esters is 1. The number of nitrogens with two attached hydrogens (primary N) is 1. The average Bonchev–Trinajstić information content (AvgIpc) is 2.93. The molecule has 0 aliphatic carbocycles. The lowest BCUT2D eigenvalue weighted by Gasteiger charge is -2.17. The Morgan fingerprint density at radius 1 is 1.38 bits per heavy atom. The van der Waals surface area contributed by atoms with Gasteiger partial charge < -0.3 is 14.9 Å². The van der Waals surface area contributed by atoms with Crippen molar-refractivity contribution < 1.29 is 13.9 Å². The van der Waals surface area contributed by atoms with Crippen LogP contribution in [0.25, 0.3) is 21.4 Å². The monoisotopic (exact) mass is 359 g/mol. The Hall–Kier alpha value is -2.25. The SMILES string of the molecule is CCOC(=O)c1sc2c3c(oc(=O)c2c1N)-c1ccccc1SC3. The van der Waals surface area contributed by atoms with Crippen molar-refractivity contribution in [2.45, 2.75) is 17.6 Å². The maximum atomic E-state index is 12.5. The fourth-order valence-corrected chi connectivity index (χ4v) is 5.09. The number of ether oxygens (including phenoxy) is 1. The normalized spacial score (nSPS) is 12.7. The summed E-state index contributed by atoms with van der Waals surface area (Å²) in [7, 11) is 0. The van der Waals surface area contributed by atoms with Gasteiger partial charge in [-0.3, -0.25) is 0 Å². The molecule has 0 fully saturated rings. The summed E-state index contributed by atoms with van der Waals surface area (Å²) in [4.78, 5) is 25.9. The van der Waals surface area contributed by atoms with Gasteiger partial charge in [-0.25, -0.2) is 9.59 Å². The van der Waals surface area contributed by atoms with E-state index in [9.17, 15) is 9.59 Å². The molecule has 1 aliphatic heterocycles. The minimum Gasteiger partial charge on any atom is -0.462 e. The molecule has 122 valence electrons. The van der Waals surface area contributed by atoms with Crippen molar-refractivity contribution in [3.63, 3.8) is 0 Å². The molecular formula is C17H13NO4S2. The first kappa shape index (κ1) is 15.3. The molecule has 0 saturated carbocycles. The summed E-state index contributed by atoms with van der Waals surface area (Å²) in [5, 5.41) is 0.279. The quantitative estimate of drug-likeness (QED) is 0.699. The zero-order valence-corrected chi connectivity index (χ0v) is 14.4. The van der Waals surface area contributed by atoms with Crippen LogP contribution >= 0.6 is 23.1 Å². The predicted octanol–water partition coefficient (Wildman–Crippen LogP) is 3.89. The third-order valence-corrected chi connectivity index (χ3v) is 6.20. The zero-order chi connectivity index (χ0) is 16.8. The van der Waals surface area contributed by atoms with Gasteiger partial charge in [0.25, 0.3) is 0 Å². The number of anilines is 1. The van der Waals surface area contributed by atoms with E-state index in [1.165, 1.54) is 11.3 Å². The number of thioether (sulfide) groups is 1. The predicted molar refractivity (Wildman–Crippen MR) is 95.7 cm³/mol. The van der Waals surface area contributed by atoms with E-state index in [1.807, 2.05) is 24.3 Å². The molecule has 0 amide bonds. The first-order valence-corrected chi connectivity index (χ1v) is 9.19. The molecule has 24 heavy (non-hydrogen) atoms. The second-order valence-corrected chi connectivity index (χ2v) is 7.29. The van der Waals surface area contributed by atoms with Gasteiger partial charge in [0, 0.05) is 21.8 Å². The first-order chi connectivity index (χ1) is 11.6. The van der Waals surface area contributed by atoms with Crippen LogP contribution in [0.3, 0.4) is 0 Å². The topological polar surface area (TPSA) is 82.5 Å². The van der Waals surface area contributed by atoms with Gasteiger partial charge in [-0.1, -0.05) is 18.2 Å². The van der Waals surface area contributed by atoms with Gasteiger partial charge in [0.1, 0.15) is 16.0 Å². The summed E-state index contributed by atoms with van der Waals surface area (Å²) < 4.78 is 11.3. The van der Waals surface area contributed by atoms with E-state index in [1.54, 1.807) is 18.7 Å². The minimum atomic E-state index is -0.519. The lowest BCUT2D eigenvalue weighted by atomic mass is 10.1. The van der Waals surface area contributed by atoms with Crippen LogP contribution in [-0.2, 0) is 10.5 Å². The number of hydrogen-bond acceptors (Lipinski definition) is 7. The number of fused-ring (bicyclic) bond motifs is 5. The molecule has 0 atom stereocenters. The zero-order valence-electron chi connectivity index (χ0n) is 12.8. The van der Waals surface area contributed by atoms with Crippen LogP contribution in [0.5, 0.6) is 0 Å². The van der Waals surface area contributed by atoms with Gasteiger partial charge in [-0.2, -0.15) is 0 Å². The highest BCUT2D eigenvalue weighted by molar-refractivity contribution is 7.98. The summed E-state index contributed by atoms with van der Waals surface area (Å²) in [6, 6.07) is 7.79. The van der Waals surface area contributed by atoms with E-state index in [4.69, 9.17) is 14.9 Å². The molecule has 3 heterocycles. The molecule has 1 aliphatic rings. The van der Waals surface area contributed by atoms with E-state index in [0.717, 1.165) is 16.0 Å². The highest BCUT2D eigenvalue weighted by atomic mass is 32.2. The number of carbonyl (C=O) groups is 1. The molecule has 5 nitrogen and oxygen atoms in total. The largest absolute Gasteiger partial charge is 0.462 e. The smallest absolute Gasteiger partial charge is 0.350 e. The number of benzene rings is 1. The van der Waals surface area contributed by atoms with Crippen molar-refractivity contribution in [1.82, 2.24) is 0 Å². The molecule has 1 aromatic carbocycles. The number of rotatable bonds is 2. The van der Waals surface area contributed by atoms with Crippen molar-refractivity contribution in [3.05, 3.63) is 45.1 Å². The van der Waals surface area contributed by atoms with Crippen LogP contribution in [0.15, 0.2) is 38.4 Å². The Labute approximate surface area is 145 Å². The molecule has 3 aromatic rings. The Morgan fingerprint density at radius 2 is 2.17 bits per heavy atom. The van der Waals surface area contributed by atoms with E-state index < -0.39 is 11.6 Å². The average molecular weight is 359 g/mol. The lowest BCUT2D eigenvalue weighted by Crippen LogP contribution is -2.08. The molecule has 0 unspecified atom stereocenters. The Bertz CT molecular complexity index is 1030. The fraction of sp³-hybridized carbons (Fsp3) is 0.176. The fourth-order valence-electron chi connectivity index (χ4n) is 2.79. The molecule has 2 aromatic heterocycles. The van der Waals surface area contributed by atoms with Gasteiger partial charge >= 0.3 is 11.6 Å². The Balaban J connectivity index is 2.02. The van der Waals surface area contributed by atoms with E-state index >= 15 is 0 Å². The summed E-state index contributed by atoms with van der Waals surface area (Å²) in [5.41, 5.74) is 7.47. The van der Waals surface area contributed by atoms with Crippen LogP contribution in [0.1, 0.15) is 22.2 Å². The van der Waals surface area contributed by atoms with Crippen molar-refractivity contribution in [2.75, 3.05) is 12.3 Å². The molecule has 0 radical (unpaired) electrons. The summed E-state index contributed by atoms with van der Waals surface area (Å²) in [6.45, 7) is 1.98. The van der Waals surface area contributed by atoms with Crippen molar-refractivity contribution in [2.24, 2.45) is 0 Å². The Kier molecular flexibility index (Phi) is 3.62. The third-order valence-electron chi connectivity index (χ3n) is 3.86. The molecule has 0 bridgehead atoms. The molecule has 7 heteroatoms. The van der Waals surface area contributed by atoms with Gasteiger partial charge in [0.15, 0.2) is 0 Å². The van der Waals surface area contributed by atoms with E-state index in [-0.39, 0.29) is 22.6 Å². The lowest BCUT2D eigenvalue weighted by molar-refractivity contribution is 0.0533. The molecule has 4 rings (SSSR count). The van der Waals surface area contributed by atoms with Crippen LogP contribution < -0.4 is 11.4 Å². The molecule has 0 saturated heterocycles. The number of carbonyl (C=O) groups excluding carboxylic acids is 1. The van der Waals surface area contributed by atoms with Crippen LogP contribution in [0.4, 0.5) is 5.69 Å². The molecule has 0 spiro atoms. The maximum Gasteiger partial charge on any atom is 0.350 e. The molecule has 2 N–H and O–H groups in total. The summed E-state index contributed by atoms with van der Waals surface area (Å²) in [6.07, 6.45) is 0. The van der Waals surface area contributed by atoms with Crippen molar-refractivity contribution in [1.29, 1.82) is 0 Å². The minimum absolute atomic E-state index is 0.147. The number of hydrogen-bond donors (Lipinski definition) is 1. The second-order valence-electron chi connectivity index (χ2n) is 5.25. The highest BCUT2D eigenvalue weighted by Gasteiger charge is 2.28. The van der Waals surface area contributed by atoms with Crippen molar-refractivity contribution in [3.8, 4) is 11.3 Å². The highest BCUT2D eigenvalue weighted by Crippen LogP contribution is 2.46. The van der Waals surface area contributed by atoms with E-state index in [0.29, 0.717) is 16.2 Å². The molecular weight excluding hydrogens is 346 g/mol. The number of thiophene rings is 1. The maximum absolute atomic E-state index is 12.5. The summed E-state index contributed by atoms with van der Waals surface area (Å²) >= 11 is 2.88. The van der Waals surface area contributed by atoms with Crippen LogP contribution in [-0.4, -0.2) is 12.6 Å². The Morgan fingerprint density at radius 3 is 2.96 bits per heavy atom. The van der Waals surface area contributed by atoms with Gasteiger partial charge in [0.05, 0.1) is 17.0 Å². The second kappa shape index (κ2) is 5.68. The first-order valence-electron chi connectivity index (χ1n) is 7.39. The van der Waals surface area contributed by atoms with Gasteiger partial charge in [0.2, 0.25) is 0 Å². The standard InChI is InChI=1S/C17H13NO4S2/c1-2-21-17(20)15-12(18)11-14(24-15)9-7-23-10-6-4-3-5-8(10)13(9)22-16(11)19/h3-6H,2,7,18H2,1H3. The third kappa shape index (κ3) is 2.16.